The number of nitrogens with zero attached hydrogens (tertiary/aromatic N) is 2. The van der Waals surface area contributed by atoms with Crippen LogP contribution in [-0.4, -0.2) is 19.1 Å². The number of rotatable bonds is 8. The Morgan fingerprint density at radius 3 is 1.63 bits per heavy atom. The van der Waals surface area contributed by atoms with E-state index in [1.807, 2.05) is 88.4 Å². The first-order chi connectivity index (χ1) is 19.6. The maximum Gasteiger partial charge on any atom is 0.329 e. The molecule has 5 N–H and O–H groups in total. The molecule has 2 heterocycles. The third kappa shape index (κ3) is 10.7. The van der Waals surface area contributed by atoms with Gasteiger partial charge in [-0.1, -0.05) is 86.1 Å². The Morgan fingerprint density at radius 2 is 1.22 bits per heavy atom. The maximum absolute atomic E-state index is 11.9. The van der Waals surface area contributed by atoms with E-state index in [0.29, 0.717) is 18.9 Å². The molecule has 0 bridgehead atoms. The molecule has 0 unspecified atom stereocenters. The second-order valence-corrected chi connectivity index (χ2v) is 9.77. The summed E-state index contributed by atoms with van der Waals surface area (Å²) < 4.78 is 2.32. The van der Waals surface area contributed by atoms with Crippen LogP contribution in [0.1, 0.15) is 63.7 Å². The van der Waals surface area contributed by atoms with Gasteiger partial charge >= 0.3 is 11.4 Å². The smallest absolute Gasteiger partial charge is 0.329 e. The van der Waals surface area contributed by atoms with Crippen LogP contribution in [0.2, 0.25) is 5.15 Å². The van der Waals surface area contributed by atoms with Crippen LogP contribution in [0.4, 0.5) is 5.82 Å². The minimum Gasteiger partial charge on any atom is -0.365 e. The van der Waals surface area contributed by atoms with Gasteiger partial charge in [0.15, 0.2) is 0 Å². The summed E-state index contributed by atoms with van der Waals surface area (Å²) in [4.78, 5) is 50.9. The molecule has 220 valence electrons. The van der Waals surface area contributed by atoms with Crippen LogP contribution in [0.5, 0.6) is 0 Å². The molecule has 0 amide bonds. The summed E-state index contributed by atoms with van der Waals surface area (Å²) in [6.45, 7) is 8.63. The summed E-state index contributed by atoms with van der Waals surface area (Å²) in [6, 6.07) is 22.7. The number of hydrogen-bond acceptors (Lipinski definition) is 6. The van der Waals surface area contributed by atoms with Gasteiger partial charge in [0.2, 0.25) is 0 Å². The van der Waals surface area contributed by atoms with E-state index in [0.717, 1.165) is 23.0 Å². The molecule has 0 saturated carbocycles. The van der Waals surface area contributed by atoms with Gasteiger partial charge < -0.3 is 11.1 Å². The molecular formula is C30H39ClN6O4. The lowest BCUT2D eigenvalue weighted by Crippen LogP contribution is -2.35. The summed E-state index contributed by atoms with van der Waals surface area (Å²) in [7, 11) is 0. The molecule has 0 spiro atoms. The fourth-order valence-corrected chi connectivity index (χ4v) is 3.95. The van der Waals surface area contributed by atoms with Crippen LogP contribution in [-0.2, 0) is 13.1 Å². The van der Waals surface area contributed by atoms with Gasteiger partial charge in [-0.25, -0.2) is 9.59 Å². The Hall–Kier alpha value is -4.15. The van der Waals surface area contributed by atoms with Gasteiger partial charge in [-0.05, 0) is 37.8 Å². The van der Waals surface area contributed by atoms with Gasteiger partial charge in [0.25, 0.3) is 11.1 Å². The van der Waals surface area contributed by atoms with E-state index in [2.05, 4.69) is 15.3 Å². The van der Waals surface area contributed by atoms with Gasteiger partial charge in [0, 0.05) is 37.3 Å². The van der Waals surface area contributed by atoms with E-state index >= 15 is 0 Å². The van der Waals surface area contributed by atoms with Crippen molar-refractivity contribution in [2.75, 3.05) is 5.32 Å². The van der Waals surface area contributed by atoms with Gasteiger partial charge in [-0.2, -0.15) is 0 Å². The fraction of sp³-hybridized carbons (Fsp3) is 0.333. The lowest BCUT2D eigenvalue weighted by Gasteiger charge is -2.15. The zero-order valence-corrected chi connectivity index (χ0v) is 24.6. The normalized spacial score (nSPS) is 11.8. The first-order valence-corrected chi connectivity index (χ1v) is 13.9. The van der Waals surface area contributed by atoms with Crippen molar-refractivity contribution < 1.29 is 0 Å². The van der Waals surface area contributed by atoms with Crippen molar-refractivity contribution in [1.82, 2.24) is 19.1 Å². The third-order valence-corrected chi connectivity index (χ3v) is 6.10. The molecule has 2 aromatic heterocycles. The van der Waals surface area contributed by atoms with Crippen molar-refractivity contribution >= 4 is 17.4 Å². The molecule has 11 heteroatoms. The Kier molecular flexibility index (Phi) is 13.6. The van der Waals surface area contributed by atoms with Gasteiger partial charge in [-0.15, -0.1) is 0 Å². The Labute approximate surface area is 243 Å². The number of nitrogens with two attached hydrogens (primary N) is 1. The zero-order valence-electron chi connectivity index (χ0n) is 23.9. The summed E-state index contributed by atoms with van der Waals surface area (Å²) >= 11 is 5.45. The number of aromatic amines is 2. The second-order valence-electron chi connectivity index (χ2n) is 9.37. The predicted molar refractivity (Wildman–Crippen MR) is 166 cm³/mol. The average Bonchev–Trinajstić information content (AvgIpc) is 2.94. The molecule has 0 aliphatic carbocycles. The SMILES string of the molecule is CCCn1c(=O)cc(Cl)[nH]c1=O.CCCn1c(=O)cc(N[C@@H](C)c2ccccc2)[nH]c1=O.C[C@H](N)c1ccccc1. The van der Waals surface area contributed by atoms with Gasteiger partial charge in [0.1, 0.15) is 11.0 Å². The minimum atomic E-state index is -0.450. The highest BCUT2D eigenvalue weighted by Crippen LogP contribution is 2.15. The highest BCUT2D eigenvalue weighted by atomic mass is 35.5. The van der Waals surface area contributed by atoms with E-state index < -0.39 is 5.69 Å². The molecule has 0 fully saturated rings. The fourth-order valence-electron chi connectivity index (χ4n) is 3.78. The van der Waals surface area contributed by atoms with Crippen molar-refractivity contribution in [3.63, 3.8) is 0 Å². The maximum atomic E-state index is 11.9. The molecule has 0 aliphatic rings. The number of benzene rings is 2. The molecule has 2 atom stereocenters. The summed E-state index contributed by atoms with van der Waals surface area (Å²) in [5.41, 5.74) is 6.44. The Bertz CT molecular complexity index is 1510. The number of nitrogens with one attached hydrogen (secondary N) is 3. The van der Waals surface area contributed by atoms with E-state index in [9.17, 15) is 19.2 Å². The number of halogens is 1. The molecule has 0 aliphatic heterocycles. The zero-order chi connectivity index (χ0) is 30.4. The summed E-state index contributed by atoms with van der Waals surface area (Å²) in [5, 5.41) is 3.22. The van der Waals surface area contributed by atoms with Gasteiger partial charge in [0.05, 0.1) is 0 Å². The van der Waals surface area contributed by atoms with Crippen molar-refractivity contribution in [3.05, 3.63) is 131 Å². The summed E-state index contributed by atoms with van der Waals surface area (Å²) in [5.74, 6) is 0.448. The first-order valence-electron chi connectivity index (χ1n) is 13.5. The molecule has 0 radical (unpaired) electrons. The van der Waals surface area contributed by atoms with Crippen molar-refractivity contribution in [3.8, 4) is 0 Å². The van der Waals surface area contributed by atoms with Crippen molar-refractivity contribution in [2.45, 2.75) is 65.7 Å². The van der Waals surface area contributed by atoms with E-state index in [-0.39, 0.29) is 34.0 Å². The minimum absolute atomic E-state index is 0.00766. The van der Waals surface area contributed by atoms with Crippen LogP contribution in [0.15, 0.2) is 92.0 Å². The van der Waals surface area contributed by atoms with Crippen LogP contribution < -0.4 is 33.5 Å². The molecule has 2 aromatic carbocycles. The highest BCUT2D eigenvalue weighted by molar-refractivity contribution is 6.29. The topological polar surface area (TPSA) is 148 Å². The third-order valence-electron chi connectivity index (χ3n) is 5.90. The highest BCUT2D eigenvalue weighted by Gasteiger charge is 2.08. The number of H-pyrrole nitrogens is 2. The summed E-state index contributed by atoms with van der Waals surface area (Å²) in [6.07, 6.45) is 1.49. The molecule has 4 rings (SSSR count). The lowest BCUT2D eigenvalue weighted by atomic mass is 10.1. The number of hydrogen-bond donors (Lipinski definition) is 4. The second kappa shape index (κ2) is 16.8. The largest absolute Gasteiger partial charge is 0.365 e. The molecule has 4 aromatic rings. The molecular weight excluding hydrogens is 544 g/mol. The van der Waals surface area contributed by atoms with E-state index in [1.54, 1.807) is 0 Å². The van der Waals surface area contributed by atoms with E-state index in [1.165, 1.54) is 22.3 Å². The first kappa shape index (κ1) is 33.1. The number of aromatic nitrogens is 4. The van der Waals surface area contributed by atoms with Gasteiger partial charge in [-0.3, -0.25) is 28.7 Å². The Balaban J connectivity index is 0.000000237. The predicted octanol–water partition coefficient (Wildman–Crippen LogP) is 4.43. The monoisotopic (exact) mass is 582 g/mol. The molecule has 0 saturated heterocycles. The lowest BCUT2D eigenvalue weighted by molar-refractivity contribution is 0.615. The van der Waals surface area contributed by atoms with Crippen LogP contribution >= 0.6 is 11.6 Å². The average molecular weight is 583 g/mol. The van der Waals surface area contributed by atoms with Crippen molar-refractivity contribution in [2.24, 2.45) is 5.73 Å². The van der Waals surface area contributed by atoms with Crippen molar-refractivity contribution in [1.29, 1.82) is 0 Å². The quantitative estimate of drug-likeness (QED) is 0.226. The van der Waals surface area contributed by atoms with Crippen LogP contribution in [0.25, 0.3) is 0 Å². The number of anilines is 1. The molecule has 41 heavy (non-hydrogen) atoms. The van der Waals surface area contributed by atoms with E-state index in [4.69, 9.17) is 17.3 Å². The van der Waals surface area contributed by atoms with Crippen LogP contribution in [0.3, 0.4) is 0 Å². The van der Waals surface area contributed by atoms with Crippen LogP contribution in [0, 0.1) is 0 Å². The molecule has 10 nitrogen and oxygen atoms in total. The Morgan fingerprint density at radius 1 is 0.756 bits per heavy atom. The standard InChI is InChI=1S/C15H19N3O2.C8H11N.C7H9ClN2O2/c1-3-9-18-14(19)10-13(17-15(18)20)16-11(2)12-7-5-4-6-8-12;1-7(9)8-5-3-2-4-6-8;1-2-3-10-6(11)4-5(8)9-7(10)12/h4-8,10-11,16H,3,9H2,1-2H3,(H,17,20);2-7H,9H2,1H3;4H,2-3H2,1H3,(H,9,12)/t11-;7-;/m00./s1.